The molecule has 2 aromatic rings. The molecule has 3 rings (SSSR count). The smallest absolute Gasteiger partial charge is 0.414 e. The van der Waals surface area contributed by atoms with E-state index >= 15 is 0 Å². The van der Waals surface area contributed by atoms with E-state index in [1.807, 2.05) is 11.4 Å². The largest absolute Gasteiger partial charge is 0.473 e. The number of carbonyl (C=O) groups excluding carboxylic acids is 1. The normalized spacial score (nSPS) is 13.2. The van der Waals surface area contributed by atoms with Gasteiger partial charge in [0.1, 0.15) is 0 Å². The number of urea groups is 1. The minimum Gasteiger partial charge on any atom is -0.473 e. The van der Waals surface area contributed by atoms with Crippen LogP contribution in [-0.4, -0.2) is 64.3 Å². The van der Waals surface area contributed by atoms with Gasteiger partial charge in [-0.2, -0.15) is 0 Å². The second-order valence-corrected chi connectivity index (χ2v) is 8.58. The topological polar surface area (TPSA) is 141 Å². The molecule has 2 amide bonds. The molecule has 4 N–H and O–H groups in total. The summed E-state index contributed by atoms with van der Waals surface area (Å²) in [7, 11) is 0. The molecule has 1 aromatic carbocycles. The minimum absolute atomic E-state index is 0.322. The fourth-order valence-corrected chi connectivity index (χ4v) is 3.79. The van der Waals surface area contributed by atoms with E-state index < -0.39 is 11.9 Å². The molecule has 0 bridgehead atoms. The molecule has 180 valence electrons. The molecule has 0 spiro atoms. The van der Waals surface area contributed by atoms with Crippen LogP contribution in [0.5, 0.6) is 0 Å². The summed E-state index contributed by atoms with van der Waals surface area (Å²) in [5.74, 6) is -3.65. The number of likely N-dealkylation sites (tertiary alicyclic amines) is 1. The van der Waals surface area contributed by atoms with Crippen LogP contribution in [0.2, 0.25) is 10.0 Å². The maximum absolute atomic E-state index is 12.0. The predicted octanol–water partition coefficient (Wildman–Crippen LogP) is 3.54. The van der Waals surface area contributed by atoms with Crippen LogP contribution < -0.4 is 10.6 Å². The summed E-state index contributed by atoms with van der Waals surface area (Å²) >= 11 is 13.2. The van der Waals surface area contributed by atoms with Crippen molar-refractivity contribution in [1.82, 2.24) is 15.2 Å². The van der Waals surface area contributed by atoms with Crippen LogP contribution in [0.15, 0.2) is 23.6 Å². The number of nitrogens with zero attached hydrogens (tertiary/aromatic N) is 2. The Bertz CT molecular complexity index is 940. The Morgan fingerprint density at radius 1 is 1.12 bits per heavy atom. The average molecular weight is 519 g/mol. The fraction of sp³-hybridized carbons (Fsp3) is 0.400. The minimum atomic E-state index is -1.82. The number of nitrogens with one attached hydrogen (secondary N) is 2. The Hall–Kier alpha value is -2.44. The molecule has 1 saturated heterocycles. The Kier molecular flexibility index (Phi) is 11.3. The zero-order chi connectivity index (χ0) is 24.2. The van der Waals surface area contributed by atoms with E-state index in [0.717, 1.165) is 17.8 Å². The Labute approximate surface area is 204 Å². The molecule has 10 nitrogen and oxygen atoms in total. The monoisotopic (exact) mass is 518 g/mol. The summed E-state index contributed by atoms with van der Waals surface area (Å²) in [6.07, 6.45) is 2.57. The van der Waals surface area contributed by atoms with Crippen molar-refractivity contribution in [2.45, 2.75) is 26.0 Å². The highest BCUT2D eigenvalue weighted by atomic mass is 35.5. The third-order valence-electron chi connectivity index (χ3n) is 4.39. The maximum Gasteiger partial charge on any atom is 0.414 e. The van der Waals surface area contributed by atoms with E-state index in [9.17, 15) is 4.79 Å². The molecule has 0 unspecified atom stereocenters. The number of anilines is 1. The van der Waals surface area contributed by atoms with Gasteiger partial charge in [-0.15, -0.1) is 11.3 Å². The molecule has 2 heterocycles. The Morgan fingerprint density at radius 3 is 2.45 bits per heavy atom. The van der Waals surface area contributed by atoms with Crippen LogP contribution in [0.4, 0.5) is 9.93 Å². The highest BCUT2D eigenvalue weighted by molar-refractivity contribution is 7.13. The third kappa shape index (κ3) is 10.4. The number of benzene rings is 1. The van der Waals surface area contributed by atoms with Crippen LogP contribution >= 0.6 is 34.5 Å². The zero-order valence-corrected chi connectivity index (χ0v) is 19.9. The summed E-state index contributed by atoms with van der Waals surface area (Å²) in [6, 6.07) is 4.92. The van der Waals surface area contributed by atoms with Crippen molar-refractivity contribution < 1.29 is 29.3 Å². The lowest BCUT2D eigenvalue weighted by molar-refractivity contribution is -0.159. The number of thiazole rings is 1. The van der Waals surface area contributed by atoms with Crippen molar-refractivity contribution in [2.24, 2.45) is 0 Å². The van der Waals surface area contributed by atoms with Gasteiger partial charge >= 0.3 is 18.0 Å². The lowest BCUT2D eigenvalue weighted by atomic mass is 10.2. The third-order valence-corrected chi connectivity index (χ3v) is 5.94. The summed E-state index contributed by atoms with van der Waals surface area (Å²) in [4.78, 5) is 37.0. The van der Waals surface area contributed by atoms with Gasteiger partial charge in [0, 0.05) is 18.5 Å². The summed E-state index contributed by atoms with van der Waals surface area (Å²) in [5.41, 5.74) is 1.69. The molecule has 0 atom stereocenters. The van der Waals surface area contributed by atoms with Crippen molar-refractivity contribution in [3.63, 3.8) is 0 Å². The summed E-state index contributed by atoms with van der Waals surface area (Å²) in [6.45, 7) is 4.81. The Morgan fingerprint density at radius 2 is 1.82 bits per heavy atom. The van der Waals surface area contributed by atoms with Crippen LogP contribution in [-0.2, 0) is 27.5 Å². The van der Waals surface area contributed by atoms with Gasteiger partial charge in [0.2, 0.25) is 0 Å². The summed E-state index contributed by atoms with van der Waals surface area (Å²) < 4.78 is 5.68. The van der Waals surface area contributed by atoms with Gasteiger partial charge < -0.3 is 25.2 Å². The number of aliphatic carboxylic acids is 2. The lowest BCUT2D eigenvalue weighted by Gasteiger charge is -2.13. The molecule has 0 aliphatic carbocycles. The number of aromatic nitrogens is 1. The number of carbonyl (C=O) groups is 3. The molecular weight excluding hydrogens is 495 g/mol. The van der Waals surface area contributed by atoms with Gasteiger partial charge in [0.25, 0.3) is 0 Å². The first-order valence-electron chi connectivity index (χ1n) is 9.94. The maximum atomic E-state index is 12.0. The molecule has 1 fully saturated rings. The number of carboxylic acid groups (broad SMARTS) is 2. The quantitative estimate of drug-likeness (QED) is 0.307. The Balaban J connectivity index is 0.000000569. The van der Waals surface area contributed by atoms with Crippen LogP contribution in [0.3, 0.4) is 0 Å². The van der Waals surface area contributed by atoms with Gasteiger partial charge in [-0.25, -0.2) is 19.4 Å². The number of halogens is 2. The molecule has 1 aliphatic rings. The van der Waals surface area contributed by atoms with E-state index in [4.69, 9.17) is 47.7 Å². The van der Waals surface area contributed by atoms with E-state index in [2.05, 4.69) is 20.5 Å². The van der Waals surface area contributed by atoms with Crippen molar-refractivity contribution >= 4 is 57.6 Å². The predicted molar refractivity (Wildman–Crippen MR) is 125 cm³/mol. The first-order chi connectivity index (χ1) is 15.7. The van der Waals surface area contributed by atoms with Gasteiger partial charge in [-0.3, -0.25) is 5.32 Å². The second kappa shape index (κ2) is 14.0. The number of hydrogen-bond acceptors (Lipinski definition) is 7. The van der Waals surface area contributed by atoms with Crippen molar-refractivity contribution in [2.75, 3.05) is 31.6 Å². The van der Waals surface area contributed by atoms with E-state index in [1.54, 1.807) is 12.1 Å². The number of rotatable bonds is 8. The van der Waals surface area contributed by atoms with Crippen LogP contribution in [0.25, 0.3) is 0 Å². The summed E-state index contributed by atoms with van der Waals surface area (Å²) in [5, 5.41) is 23.7. The van der Waals surface area contributed by atoms with Crippen molar-refractivity contribution in [1.29, 1.82) is 0 Å². The second-order valence-electron chi connectivity index (χ2n) is 6.91. The molecular formula is C20H24Cl2N4O6S. The highest BCUT2D eigenvalue weighted by Crippen LogP contribution is 2.22. The molecule has 0 saturated carbocycles. The highest BCUT2D eigenvalue weighted by Gasteiger charge is 2.11. The van der Waals surface area contributed by atoms with Gasteiger partial charge in [0.05, 0.1) is 29.0 Å². The lowest BCUT2D eigenvalue weighted by Crippen LogP contribution is -2.28. The SMILES string of the molecule is O=C(NCc1ccc(Cl)c(Cl)c1)Nc1nc(COCCN2CCCC2)cs1.O=C(O)C(=O)O. The number of ether oxygens (including phenoxy) is 1. The molecule has 13 heteroatoms. The first-order valence-corrected chi connectivity index (χ1v) is 11.6. The molecule has 1 aromatic heterocycles. The number of hydrogen-bond donors (Lipinski definition) is 4. The van der Waals surface area contributed by atoms with Crippen LogP contribution in [0, 0.1) is 0 Å². The van der Waals surface area contributed by atoms with Gasteiger partial charge in [-0.05, 0) is 43.6 Å². The molecule has 33 heavy (non-hydrogen) atoms. The van der Waals surface area contributed by atoms with Gasteiger partial charge in [-0.1, -0.05) is 29.3 Å². The number of amides is 2. The molecule has 0 radical (unpaired) electrons. The number of carboxylic acids is 2. The first kappa shape index (κ1) is 26.8. The van der Waals surface area contributed by atoms with Crippen molar-refractivity contribution in [3.05, 3.63) is 44.9 Å². The average Bonchev–Trinajstić information content (AvgIpc) is 3.44. The van der Waals surface area contributed by atoms with E-state index in [1.165, 1.54) is 37.3 Å². The van der Waals surface area contributed by atoms with E-state index in [-0.39, 0.29) is 6.03 Å². The van der Waals surface area contributed by atoms with Crippen molar-refractivity contribution in [3.8, 4) is 0 Å². The van der Waals surface area contributed by atoms with E-state index in [0.29, 0.717) is 34.9 Å². The standard InChI is InChI=1S/C18H22Cl2N4O2S.C2H2O4/c19-15-4-3-13(9-16(15)20)10-21-17(25)23-18-22-14(12-27-18)11-26-8-7-24-5-1-2-6-24;3-1(4)2(5)6/h3-4,9,12H,1-2,5-8,10-11H2,(H2,21,22,23,25);(H,3,4)(H,5,6). The zero-order valence-electron chi connectivity index (χ0n) is 17.6. The van der Waals surface area contributed by atoms with Gasteiger partial charge in [0.15, 0.2) is 5.13 Å². The fourth-order valence-electron chi connectivity index (χ4n) is 2.78. The van der Waals surface area contributed by atoms with Crippen LogP contribution in [0.1, 0.15) is 24.1 Å². The molecule has 1 aliphatic heterocycles.